The zero-order valence-electron chi connectivity index (χ0n) is 16.1. The molecule has 0 radical (unpaired) electrons. The van der Waals surface area contributed by atoms with Gasteiger partial charge in [0, 0.05) is 31.0 Å². The molecule has 150 valence electrons. The molecule has 1 aromatic heterocycles. The molecule has 0 N–H and O–H groups in total. The fraction of sp³-hybridized carbons (Fsp3) is 0.273. The molecular weight excluding hydrogens is 373 g/mol. The lowest BCUT2D eigenvalue weighted by atomic mass is 10.1. The zero-order valence-corrected chi connectivity index (χ0v) is 16.1. The van der Waals surface area contributed by atoms with Crippen LogP contribution in [-0.2, 0) is 24.4 Å². The number of benzene rings is 2. The molecule has 0 spiro atoms. The van der Waals surface area contributed by atoms with E-state index in [0.29, 0.717) is 30.2 Å². The molecule has 1 aliphatic rings. The van der Waals surface area contributed by atoms with Crippen molar-refractivity contribution in [2.24, 2.45) is 5.92 Å². The molecule has 0 fully saturated rings. The number of nitrogens with zero attached hydrogens (tertiary/aromatic N) is 3. The summed E-state index contributed by atoms with van der Waals surface area (Å²) in [5.74, 6) is 0.644. The van der Waals surface area contributed by atoms with Gasteiger partial charge in [0.15, 0.2) is 11.5 Å². The largest absolute Gasteiger partial charge is 0.454 e. The van der Waals surface area contributed by atoms with Gasteiger partial charge in [-0.05, 0) is 29.8 Å². The maximum absolute atomic E-state index is 14.2. The molecule has 3 aromatic rings. The standard InChI is InChI=1S/C22H22FN3O3/c1-16(12-26-10-4-9-24-26)22(27)25(14-18-5-2-3-6-19(18)23)13-17-7-8-20-21(11-17)29-15-28-20/h2-11,16H,12-15H2,1H3. The maximum Gasteiger partial charge on any atom is 0.231 e. The molecule has 0 saturated heterocycles. The Morgan fingerprint density at radius 3 is 2.79 bits per heavy atom. The third kappa shape index (κ3) is 4.39. The van der Waals surface area contributed by atoms with E-state index < -0.39 is 0 Å². The number of carbonyl (C=O) groups is 1. The van der Waals surface area contributed by atoms with E-state index in [0.717, 1.165) is 5.56 Å². The molecule has 6 nitrogen and oxygen atoms in total. The van der Waals surface area contributed by atoms with E-state index in [-0.39, 0.29) is 31.0 Å². The topological polar surface area (TPSA) is 56.6 Å². The minimum atomic E-state index is -0.323. The van der Waals surface area contributed by atoms with Crippen LogP contribution in [0.4, 0.5) is 4.39 Å². The van der Waals surface area contributed by atoms with E-state index in [4.69, 9.17) is 9.47 Å². The minimum Gasteiger partial charge on any atom is -0.454 e. The summed E-state index contributed by atoms with van der Waals surface area (Å²) in [6.45, 7) is 3.03. The highest BCUT2D eigenvalue weighted by Crippen LogP contribution is 2.33. The smallest absolute Gasteiger partial charge is 0.231 e. The maximum atomic E-state index is 14.2. The lowest BCUT2D eigenvalue weighted by Gasteiger charge is -2.26. The number of aromatic nitrogens is 2. The fourth-order valence-electron chi connectivity index (χ4n) is 3.38. The van der Waals surface area contributed by atoms with Crippen molar-refractivity contribution in [2.75, 3.05) is 6.79 Å². The fourth-order valence-corrected chi connectivity index (χ4v) is 3.38. The SMILES string of the molecule is CC(Cn1cccn1)C(=O)N(Cc1ccc2c(c1)OCO2)Cc1ccccc1F. The van der Waals surface area contributed by atoms with Crippen LogP contribution in [-0.4, -0.2) is 27.4 Å². The molecular formula is C22H22FN3O3. The predicted octanol–water partition coefficient (Wildman–Crippen LogP) is 3.62. The molecule has 4 rings (SSSR count). The van der Waals surface area contributed by atoms with Gasteiger partial charge in [-0.3, -0.25) is 9.48 Å². The Balaban J connectivity index is 1.56. The Bertz CT molecular complexity index is 991. The Labute approximate surface area is 168 Å². The van der Waals surface area contributed by atoms with Crippen LogP contribution in [0.2, 0.25) is 0 Å². The lowest BCUT2D eigenvalue weighted by molar-refractivity contribution is -0.136. The number of rotatable bonds is 7. The van der Waals surface area contributed by atoms with Crippen molar-refractivity contribution in [3.8, 4) is 11.5 Å². The summed E-state index contributed by atoms with van der Waals surface area (Å²) in [5, 5.41) is 4.17. The average molecular weight is 395 g/mol. The first-order valence-electron chi connectivity index (χ1n) is 9.48. The Morgan fingerprint density at radius 1 is 1.17 bits per heavy atom. The summed E-state index contributed by atoms with van der Waals surface area (Å²) in [6.07, 6.45) is 3.50. The van der Waals surface area contributed by atoms with E-state index >= 15 is 0 Å². The summed E-state index contributed by atoms with van der Waals surface area (Å²) in [4.78, 5) is 14.9. The van der Waals surface area contributed by atoms with Crippen molar-refractivity contribution in [3.63, 3.8) is 0 Å². The first-order valence-corrected chi connectivity index (χ1v) is 9.48. The Hall–Kier alpha value is -3.35. The van der Waals surface area contributed by atoms with Crippen molar-refractivity contribution < 1.29 is 18.7 Å². The van der Waals surface area contributed by atoms with Crippen molar-refractivity contribution in [3.05, 3.63) is 77.9 Å². The summed E-state index contributed by atoms with van der Waals surface area (Å²) >= 11 is 0. The van der Waals surface area contributed by atoms with Crippen LogP contribution in [0.15, 0.2) is 60.9 Å². The number of fused-ring (bicyclic) bond motifs is 1. The van der Waals surface area contributed by atoms with Gasteiger partial charge in [-0.25, -0.2) is 4.39 Å². The highest BCUT2D eigenvalue weighted by molar-refractivity contribution is 5.78. The van der Waals surface area contributed by atoms with E-state index in [9.17, 15) is 9.18 Å². The van der Waals surface area contributed by atoms with Gasteiger partial charge in [0.25, 0.3) is 0 Å². The second kappa shape index (κ2) is 8.34. The van der Waals surface area contributed by atoms with Crippen LogP contribution in [0.1, 0.15) is 18.1 Å². The van der Waals surface area contributed by atoms with Gasteiger partial charge in [-0.2, -0.15) is 5.10 Å². The van der Waals surface area contributed by atoms with Crippen LogP contribution >= 0.6 is 0 Å². The van der Waals surface area contributed by atoms with Gasteiger partial charge in [0.05, 0.1) is 12.5 Å². The predicted molar refractivity (Wildman–Crippen MR) is 105 cm³/mol. The van der Waals surface area contributed by atoms with E-state index in [1.165, 1.54) is 6.07 Å². The Morgan fingerprint density at radius 2 is 2.00 bits per heavy atom. The summed E-state index contributed by atoms with van der Waals surface area (Å²) in [6, 6.07) is 13.9. The van der Waals surface area contributed by atoms with Gasteiger partial charge in [-0.1, -0.05) is 31.2 Å². The number of ether oxygens (including phenoxy) is 2. The zero-order chi connectivity index (χ0) is 20.2. The highest BCUT2D eigenvalue weighted by Gasteiger charge is 2.23. The number of hydrogen-bond donors (Lipinski definition) is 0. The molecule has 0 bridgehead atoms. The molecule has 1 amide bonds. The number of amides is 1. The molecule has 2 heterocycles. The van der Waals surface area contributed by atoms with Gasteiger partial charge < -0.3 is 14.4 Å². The van der Waals surface area contributed by atoms with Crippen molar-refractivity contribution in [1.29, 1.82) is 0 Å². The third-order valence-corrected chi connectivity index (χ3v) is 4.88. The lowest BCUT2D eigenvalue weighted by Crippen LogP contribution is -2.36. The molecule has 2 aromatic carbocycles. The quantitative estimate of drug-likeness (QED) is 0.613. The molecule has 29 heavy (non-hydrogen) atoms. The number of halogens is 1. The van der Waals surface area contributed by atoms with Crippen LogP contribution in [0.25, 0.3) is 0 Å². The summed E-state index contributed by atoms with van der Waals surface area (Å²) < 4.78 is 26.8. The second-order valence-electron chi connectivity index (χ2n) is 7.10. The molecule has 1 aliphatic heterocycles. The van der Waals surface area contributed by atoms with Gasteiger partial charge >= 0.3 is 0 Å². The Kier molecular flexibility index (Phi) is 5.46. The minimum absolute atomic E-state index is 0.0681. The van der Waals surface area contributed by atoms with Gasteiger partial charge in [0.2, 0.25) is 12.7 Å². The van der Waals surface area contributed by atoms with Crippen LogP contribution < -0.4 is 9.47 Å². The molecule has 0 aliphatic carbocycles. The second-order valence-corrected chi connectivity index (χ2v) is 7.10. The summed E-state index contributed by atoms with van der Waals surface area (Å²) in [7, 11) is 0. The van der Waals surface area contributed by atoms with Gasteiger partial charge in [-0.15, -0.1) is 0 Å². The average Bonchev–Trinajstić information content (AvgIpc) is 3.40. The molecule has 1 atom stereocenters. The highest BCUT2D eigenvalue weighted by atomic mass is 19.1. The normalized spacial score (nSPS) is 13.3. The van der Waals surface area contributed by atoms with Crippen molar-refractivity contribution in [2.45, 2.75) is 26.6 Å². The molecule has 0 saturated carbocycles. The van der Waals surface area contributed by atoms with Crippen molar-refractivity contribution in [1.82, 2.24) is 14.7 Å². The van der Waals surface area contributed by atoms with Crippen LogP contribution in [0, 0.1) is 11.7 Å². The first-order chi connectivity index (χ1) is 14.1. The molecule has 7 heteroatoms. The van der Waals surface area contributed by atoms with E-state index in [1.54, 1.807) is 34.0 Å². The van der Waals surface area contributed by atoms with Gasteiger partial charge in [0.1, 0.15) is 5.82 Å². The van der Waals surface area contributed by atoms with Crippen molar-refractivity contribution >= 4 is 5.91 Å². The molecule has 1 unspecified atom stereocenters. The number of carbonyl (C=O) groups excluding carboxylic acids is 1. The number of hydrogen-bond acceptors (Lipinski definition) is 4. The van der Waals surface area contributed by atoms with Crippen LogP contribution in [0.3, 0.4) is 0 Å². The van der Waals surface area contributed by atoms with E-state index in [2.05, 4.69) is 5.10 Å². The van der Waals surface area contributed by atoms with Crippen LogP contribution in [0.5, 0.6) is 11.5 Å². The third-order valence-electron chi connectivity index (χ3n) is 4.88. The summed E-state index contributed by atoms with van der Waals surface area (Å²) in [5.41, 5.74) is 1.37. The van der Waals surface area contributed by atoms with E-state index in [1.807, 2.05) is 37.4 Å². The monoisotopic (exact) mass is 395 g/mol. The first kappa shape index (κ1) is 19.0.